The van der Waals surface area contributed by atoms with Crippen LogP contribution in [-0.4, -0.2) is 66.0 Å². The van der Waals surface area contributed by atoms with Gasteiger partial charge in [0.1, 0.15) is 6.04 Å². The van der Waals surface area contributed by atoms with Crippen molar-refractivity contribution < 1.29 is 37.1 Å². The van der Waals surface area contributed by atoms with Crippen LogP contribution in [0.5, 0.6) is 0 Å². The number of methoxy groups -OCH3 is 1. The summed E-state index contributed by atoms with van der Waals surface area (Å²) in [6.07, 6.45) is -4.07. The third kappa shape index (κ3) is 6.78. The predicted molar refractivity (Wildman–Crippen MR) is 148 cm³/mol. The van der Waals surface area contributed by atoms with Crippen LogP contribution >= 0.6 is 0 Å². The first kappa shape index (κ1) is 32.6. The summed E-state index contributed by atoms with van der Waals surface area (Å²) in [4.78, 5) is 36.1. The van der Waals surface area contributed by atoms with Crippen LogP contribution in [0.25, 0.3) is 0 Å². The molecule has 1 aromatic heterocycles. The van der Waals surface area contributed by atoms with Crippen LogP contribution in [0.3, 0.4) is 0 Å². The number of ether oxygens (including phenoxy) is 1. The number of hydrogen-bond donors (Lipinski definition) is 1. The van der Waals surface area contributed by atoms with Gasteiger partial charge in [0.05, 0.1) is 57.1 Å². The number of halogens is 3. The number of likely N-dealkylation sites (N-methyl/N-ethyl adjacent to an activating group) is 1. The van der Waals surface area contributed by atoms with Crippen molar-refractivity contribution in [3.8, 4) is 6.07 Å². The zero-order chi connectivity index (χ0) is 32.1. The molecule has 0 saturated carbocycles. The molecule has 1 N–H and O–H groups in total. The smallest absolute Gasteiger partial charge is 0.416 e. The van der Waals surface area contributed by atoms with Gasteiger partial charge in [0.15, 0.2) is 0 Å². The lowest BCUT2D eigenvalue weighted by atomic mass is 9.89. The highest BCUT2D eigenvalue weighted by atomic mass is 19.4. The van der Waals surface area contributed by atoms with E-state index in [1.807, 2.05) is 0 Å². The number of nitrogens with one attached hydrogen (secondary N) is 1. The fourth-order valence-electron chi connectivity index (χ4n) is 4.82. The molecule has 0 spiro atoms. The molecule has 11 nitrogen and oxygen atoms in total. The normalized spacial score (nSPS) is 14.8. The van der Waals surface area contributed by atoms with Crippen molar-refractivity contribution in [2.24, 2.45) is 0 Å². The summed E-state index contributed by atoms with van der Waals surface area (Å²) in [5.41, 5.74) is 0.582. The second kappa shape index (κ2) is 13.0. The number of fused-ring (bicyclic) bond motifs is 1. The maximum atomic E-state index is 13.6. The van der Waals surface area contributed by atoms with E-state index in [0.717, 1.165) is 24.2 Å². The number of hydrogen-bond acceptors (Lipinski definition) is 8. The summed E-state index contributed by atoms with van der Waals surface area (Å²) >= 11 is 0. The number of H-pyrrole nitrogens is 1. The van der Waals surface area contributed by atoms with Gasteiger partial charge in [0.2, 0.25) is 5.95 Å². The van der Waals surface area contributed by atoms with Crippen LogP contribution in [0, 0.1) is 11.3 Å². The van der Waals surface area contributed by atoms with Gasteiger partial charge < -0.3 is 19.1 Å². The molecular formula is C29H31F3N6O5. The predicted octanol–water partition coefficient (Wildman–Crippen LogP) is 2.65. The molecule has 2 heterocycles. The average Bonchev–Trinajstić information content (AvgIpc) is 3.35. The minimum Gasteiger partial charge on any atom is -0.554 e. The van der Waals surface area contributed by atoms with E-state index in [1.54, 1.807) is 25.1 Å². The first-order chi connectivity index (χ1) is 20.2. The van der Waals surface area contributed by atoms with Crippen LogP contribution in [0.4, 0.5) is 24.8 Å². The lowest BCUT2D eigenvalue weighted by molar-refractivity contribution is -0.888. The lowest BCUT2D eigenvalue weighted by Gasteiger charge is -2.36. The molecule has 14 heteroatoms. The molecule has 1 atom stereocenters. The fourth-order valence-corrected chi connectivity index (χ4v) is 4.82. The molecule has 43 heavy (non-hydrogen) atoms. The second-order valence-electron chi connectivity index (χ2n) is 10.3. The Kier molecular flexibility index (Phi) is 9.82. The number of nitriles is 1. The standard InChI is InChI=1S/C28H29F3N6O3.CH2O2/c1-6-37(3,4)13-12-19-14-18(16-32)10-11-22(19)24-23(25(38)40-5)17(2)35(26-33-34-27(39)36(24)26)21-9-7-8-20(15-21)28(29,30)31;2-1-3/h7-11,14-15,24H,6,12-13H2,1-5H3;1H,(H,2,3). The molecule has 4 rings (SSSR count). The summed E-state index contributed by atoms with van der Waals surface area (Å²) in [6, 6.07) is 10.7. The third-order valence-corrected chi connectivity index (χ3v) is 7.39. The van der Waals surface area contributed by atoms with Gasteiger partial charge in [-0.2, -0.15) is 18.4 Å². The van der Waals surface area contributed by atoms with Crippen molar-refractivity contribution in [2.75, 3.05) is 39.2 Å². The molecule has 0 fully saturated rings. The molecule has 1 unspecified atom stereocenters. The summed E-state index contributed by atoms with van der Waals surface area (Å²) in [5.74, 6) is -0.738. The van der Waals surface area contributed by atoms with Crippen molar-refractivity contribution in [1.82, 2.24) is 14.8 Å². The Morgan fingerprint density at radius 3 is 2.51 bits per heavy atom. The fraction of sp³-hybridized carbons (Fsp3) is 0.345. The van der Waals surface area contributed by atoms with Crippen LogP contribution < -0.4 is 15.7 Å². The lowest BCUT2D eigenvalue weighted by Crippen LogP contribution is -2.41. The highest BCUT2D eigenvalue weighted by molar-refractivity contribution is 5.93. The summed E-state index contributed by atoms with van der Waals surface area (Å²) in [6.45, 7) is 4.71. The van der Waals surface area contributed by atoms with E-state index in [4.69, 9.17) is 14.6 Å². The van der Waals surface area contributed by atoms with Crippen molar-refractivity contribution in [3.63, 3.8) is 0 Å². The van der Waals surface area contributed by atoms with Gasteiger partial charge >= 0.3 is 17.8 Å². The Hall–Kier alpha value is -4.90. The van der Waals surface area contributed by atoms with Crippen molar-refractivity contribution in [1.29, 1.82) is 5.26 Å². The Morgan fingerprint density at radius 2 is 1.93 bits per heavy atom. The van der Waals surface area contributed by atoms with E-state index in [1.165, 1.54) is 28.7 Å². The summed E-state index contributed by atoms with van der Waals surface area (Å²) in [5, 5.41) is 24.4. The van der Waals surface area contributed by atoms with Gasteiger partial charge in [-0.3, -0.25) is 4.90 Å². The zero-order valence-corrected chi connectivity index (χ0v) is 24.2. The Bertz CT molecular complexity index is 1630. The molecule has 0 aliphatic carbocycles. The largest absolute Gasteiger partial charge is 0.554 e. The molecular weight excluding hydrogens is 569 g/mol. The number of carbonyl (C=O) groups is 2. The summed E-state index contributed by atoms with van der Waals surface area (Å²) < 4.78 is 47.7. The first-order valence-corrected chi connectivity index (χ1v) is 13.1. The number of aromatic amines is 1. The van der Waals surface area contributed by atoms with Crippen molar-refractivity contribution in [2.45, 2.75) is 32.5 Å². The van der Waals surface area contributed by atoms with E-state index in [2.05, 4.69) is 37.3 Å². The molecule has 0 saturated heterocycles. The van der Waals surface area contributed by atoms with Crippen LogP contribution in [0.2, 0.25) is 0 Å². The van der Waals surface area contributed by atoms with E-state index in [-0.39, 0.29) is 22.9 Å². The Balaban J connectivity index is 0.00000162. The first-order valence-electron chi connectivity index (χ1n) is 13.1. The van der Waals surface area contributed by atoms with Crippen LogP contribution in [0.1, 0.15) is 42.1 Å². The number of anilines is 2. The molecule has 1 aliphatic rings. The number of carbonyl (C=O) groups excluding carboxylic acids is 2. The van der Waals surface area contributed by atoms with E-state index < -0.39 is 35.9 Å². The minimum absolute atomic E-state index is 0.0134. The van der Waals surface area contributed by atoms with Gasteiger partial charge in [-0.05, 0) is 55.3 Å². The number of aromatic nitrogens is 3. The molecule has 3 aromatic rings. The zero-order valence-electron chi connectivity index (χ0n) is 24.2. The van der Waals surface area contributed by atoms with Crippen LogP contribution in [0.15, 0.2) is 58.5 Å². The number of alkyl halides is 3. The molecule has 228 valence electrons. The van der Waals surface area contributed by atoms with Crippen LogP contribution in [-0.2, 0) is 26.9 Å². The number of rotatable bonds is 7. The van der Waals surface area contributed by atoms with E-state index in [9.17, 15) is 28.0 Å². The van der Waals surface area contributed by atoms with E-state index >= 15 is 0 Å². The van der Waals surface area contributed by atoms with Gasteiger partial charge in [-0.25, -0.2) is 19.3 Å². The quantitative estimate of drug-likeness (QED) is 0.248. The maximum absolute atomic E-state index is 13.6. The minimum atomic E-state index is -4.61. The number of benzene rings is 2. The Labute approximate surface area is 245 Å². The number of esters is 1. The second-order valence-corrected chi connectivity index (χ2v) is 10.3. The SMILES string of the molecule is CC[N+](C)(C)CCc1cc(C#N)ccc1C1C(C(=O)OC)=C(C)N(c2cccc(C(F)(F)F)c2)c2n[nH]c(=O)n21.O=C[O-]. The molecule has 1 aliphatic heterocycles. The highest BCUT2D eigenvalue weighted by Gasteiger charge is 2.41. The van der Waals surface area contributed by atoms with Crippen molar-refractivity contribution in [3.05, 3.63) is 86.5 Å². The monoisotopic (exact) mass is 600 g/mol. The Morgan fingerprint density at radius 1 is 1.26 bits per heavy atom. The average molecular weight is 601 g/mol. The number of carboxylic acid groups (broad SMARTS) is 1. The molecule has 0 bridgehead atoms. The van der Waals surface area contributed by atoms with Gasteiger partial charge in [-0.1, -0.05) is 12.1 Å². The third-order valence-electron chi connectivity index (χ3n) is 7.39. The summed E-state index contributed by atoms with van der Waals surface area (Å²) in [7, 11) is 5.34. The number of allylic oxidation sites excluding steroid dienone is 1. The number of quaternary nitrogens is 1. The molecule has 0 amide bonds. The van der Waals surface area contributed by atoms with Crippen molar-refractivity contribution >= 4 is 24.1 Å². The molecule has 2 aromatic carbocycles. The number of nitrogens with zero attached hydrogens (tertiary/aromatic N) is 5. The molecule has 0 radical (unpaired) electrons. The van der Waals surface area contributed by atoms with Gasteiger partial charge in [0.25, 0.3) is 0 Å². The van der Waals surface area contributed by atoms with Gasteiger partial charge in [0, 0.05) is 24.3 Å². The maximum Gasteiger partial charge on any atom is 0.416 e. The van der Waals surface area contributed by atoms with E-state index in [0.29, 0.717) is 28.6 Å². The van der Waals surface area contributed by atoms with Gasteiger partial charge in [-0.15, -0.1) is 5.10 Å². The highest BCUT2D eigenvalue weighted by Crippen LogP contribution is 2.43. The topological polar surface area (TPSA) is 144 Å².